The van der Waals surface area contributed by atoms with Crippen molar-refractivity contribution in [3.63, 3.8) is 0 Å². The summed E-state index contributed by atoms with van der Waals surface area (Å²) in [5.41, 5.74) is 1.94. The van der Waals surface area contributed by atoms with Crippen molar-refractivity contribution >= 4 is 33.4 Å². The molecule has 0 aliphatic carbocycles. The van der Waals surface area contributed by atoms with Crippen molar-refractivity contribution in [2.45, 2.75) is 19.6 Å². The van der Waals surface area contributed by atoms with E-state index in [9.17, 15) is 18.0 Å². The molecule has 0 atom stereocenters. The second-order valence-electron chi connectivity index (χ2n) is 6.71. The van der Waals surface area contributed by atoms with Gasteiger partial charge in [0.15, 0.2) is 5.13 Å². The second kappa shape index (κ2) is 8.03. The van der Waals surface area contributed by atoms with Gasteiger partial charge in [-0.25, -0.2) is 9.97 Å². The Morgan fingerprint density at radius 3 is 2.52 bits per heavy atom. The number of halogens is 3. The van der Waals surface area contributed by atoms with E-state index in [0.29, 0.717) is 16.6 Å². The molecule has 6 nitrogen and oxygen atoms in total. The van der Waals surface area contributed by atoms with Gasteiger partial charge >= 0.3 is 6.18 Å². The van der Waals surface area contributed by atoms with Crippen LogP contribution in [0.2, 0.25) is 0 Å². The number of imidazole rings is 1. The molecule has 0 aliphatic heterocycles. The number of aryl methyl sites for hydroxylation is 1. The molecule has 0 bridgehead atoms. The molecule has 0 unspecified atom stereocenters. The maximum absolute atomic E-state index is 13.4. The lowest BCUT2D eigenvalue weighted by molar-refractivity contribution is -0.147. The highest BCUT2D eigenvalue weighted by molar-refractivity contribution is 7.16. The van der Waals surface area contributed by atoms with E-state index >= 15 is 0 Å². The van der Waals surface area contributed by atoms with Crippen LogP contribution >= 0.6 is 11.3 Å². The zero-order valence-corrected chi connectivity index (χ0v) is 17.3. The van der Waals surface area contributed by atoms with E-state index in [4.69, 9.17) is 4.74 Å². The Balaban J connectivity index is 1.57. The van der Waals surface area contributed by atoms with E-state index < -0.39 is 24.5 Å². The fourth-order valence-electron chi connectivity index (χ4n) is 3.22. The van der Waals surface area contributed by atoms with Gasteiger partial charge in [0, 0.05) is 10.4 Å². The number of rotatable bonds is 5. The molecule has 31 heavy (non-hydrogen) atoms. The van der Waals surface area contributed by atoms with Crippen molar-refractivity contribution < 1.29 is 22.7 Å². The summed E-state index contributed by atoms with van der Waals surface area (Å²) < 4.78 is 46.3. The first kappa shape index (κ1) is 20.9. The zero-order valence-electron chi connectivity index (χ0n) is 16.5. The van der Waals surface area contributed by atoms with Gasteiger partial charge in [0.25, 0.3) is 0 Å². The van der Waals surface area contributed by atoms with E-state index in [-0.39, 0.29) is 11.0 Å². The summed E-state index contributed by atoms with van der Waals surface area (Å²) in [6, 6.07) is 13.5. The molecule has 0 spiro atoms. The summed E-state index contributed by atoms with van der Waals surface area (Å²) in [7, 11) is 1.57. The van der Waals surface area contributed by atoms with Gasteiger partial charge in [-0.2, -0.15) is 13.2 Å². The Morgan fingerprint density at radius 1 is 1.13 bits per heavy atom. The third-order valence-electron chi connectivity index (χ3n) is 4.62. The highest BCUT2D eigenvalue weighted by atomic mass is 32.1. The SMILES string of the molecule is COc1ccc(-c2nc(NC(=O)Cn3c(C(F)(F)F)nc4ccccc43)sc2C)cc1. The summed E-state index contributed by atoms with van der Waals surface area (Å²) >= 11 is 1.25. The van der Waals surface area contributed by atoms with Crippen molar-refractivity contribution in [1.82, 2.24) is 14.5 Å². The molecule has 10 heteroatoms. The number of amides is 1. The molecule has 0 radical (unpaired) electrons. The van der Waals surface area contributed by atoms with Crippen molar-refractivity contribution in [1.29, 1.82) is 0 Å². The minimum absolute atomic E-state index is 0.175. The molecule has 4 aromatic rings. The number of methoxy groups -OCH3 is 1. The number of carbonyl (C=O) groups excluding carboxylic acids is 1. The number of ether oxygens (including phenoxy) is 1. The van der Waals surface area contributed by atoms with Crippen molar-refractivity contribution in [2.75, 3.05) is 12.4 Å². The average Bonchev–Trinajstić information content (AvgIpc) is 3.28. The number of thiazole rings is 1. The lowest BCUT2D eigenvalue weighted by atomic mass is 10.1. The molecule has 2 heterocycles. The lowest BCUT2D eigenvalue weighted by Gasteiger charge is -2.10. The highest BCUT2D eigenvalue weighted by Gasteiger charge is 2.38. The lowest BCUT2D eigenvalue weighted by Crippen LogP contribution is -2.23. The first-order valence-corrected chi connectivity index (χ1v) is 10.0. The second-order valence-corrected chi connectivity index (χ2v) is 7.91. The molecule has 4 rings (SSSR count). The molecule has 1 N–H and O–H groups in total. The van der Waals surface area contributed by atoms with Crippen LogP contribution < -0.4 is 10.1 Å². The van der Waals surface area contributed by atoms with Crippen LogP contribution in [-0.2, 0) is 17.5 Å². The zero-order chi connectivity index (χ0) is 22.2. The van der Waals surface area contributed by atoms with Crippen molar-refractivity contribution in [2.24, 2.45) is 0 Å². The number of alkyl halides is 3. The Morgan fingerprint density at radius 2 is 1.84 bits per heavy atom. The third-order valence-corrected chi connectivity index (χ3v) is 5.50. The van der Waals surface area contributed by atoms with Crippen LogP contribution in [0.5, 0.6) is 5.75 Å². The van der Waals surface area contributed by atoms with Crippen molar-refractivity contribution in [3.8, 4) is 17.0 Å². The number of hydrogen-bond donors (Lipinski definition) is 1. The van der Waals surface area contributed by atoms with Gasteiger partial charge in [0.05, 0.1) is 23.8 Å². The molecule has 0 aliphatic rings. The first-order chi connectivity index (χ1) is 14.8. The van der Waals surface area contributed by atoms with Crippen LogP contribution in [0.4, 0.5) is 18.3 Å². The number of fused-ring (bicyclic) bond motifs is 1. The Bertz CT molecular complexity index is 1250. The molecule has 0 fully saturated rings. The molecule has 1 amide bonds. The highest BCUT2D eigenvalue weighted by Crippen LogP contribution is 2.33. The monoisotopic (exact) mass is 446 g/mol. The predicted molar refractivity (Wildman–Crippen MR) is 112 cm³/mol. The standard InChI is InChI=1S/C21H17F3N4O2S/c1-12-18(13-7-9-14(30-2)10-8-13)27-20(31-12)26-17(29)11-28-16-6-4-3-5-15(16)25-19(28)21(22,23)24/h3-10H,11H2,1-2H3,(H,26,27,29). The number of aromatic nitrogens is 3. The quantitative estimate of drug-likeness (QED) is 0.461. The fourth-order valence-corrected chi connectivity index (χ4v) is 4.07. The Kier molecular flexibility index (Phi) is 5.40. The molecule has 0 saturated heterocycles. The maximum Gasteiger partial charge on any atom is 0.449 e. The van der Waals surface area contributed by atoms with Crippen LogP contribution in [-0.4, -0.2) is 27.6 Å². The average molecular weight is 446 g/mol. The number of para-hydroxylation sites is 2. The minimum Gasteiger partial charge on any atom is -0.497 e. The molecule has 0 saturated carbocycles. The Hall–Kier alpha value is -3.40. The molecule has 160 valence electrons. The van der Waals surface area contributed by atoms with Gasteiger partial charge in [-0.05, 0) is 43.3 Å². The van der Waals surface area contributed by atoms with Crippen LogP contribution in [0.15, 0.2) is 48.5 Å². The number of benzene rings is 2. The van der Waals surface area contributed by atoms with Gasteiger partial charge in [0.2, 0.25) is 11.7 Å². The van der Waals surface area contributed by atoms with E-state index in [2.05, 4.69) is 15.3 Å². The summed E-state index contributed by atoms with van der Waals surface area (Å²) in [6.45, 7) is 1.32. The van der Waals surface area contributed by atoms with E-state index in [0.717, 1.165) is 15.0 Å². The van der Waals surface area contributed by atoms with Crippen LogP contribution in [0.1, 0.15) is 10.7 Å². The number of carbonyl (C=O) groups is 1. The number of nitrogens with one attached hydrogen (secondary N) is 1. The van der Waals surface area contributed by atoms with Crippen LogP contribution in [0.3, 0.4) is 0 Å². The van der Waals surface area contributed by atoms with Gasteiger partial charge in [-0.1, -0.05) is 12.1 Å². The summed E-state index contributed by atoms with van der Waals surface area (Å²) in [6.07, 6.45) is -4.68. The largest absolute Gasteiger partial charge is 0.497 e. The number of hydrogen-bond acceptors (Lipinski definition) is 5. The summed E-state index contributed by atoms with van der Waals surface area (Å²) in [5, 5.41) is 2.92. The summed E-state index contributed by atoms with van der Waals surface area (Å²) in [4.78, 5) is 21.5. The van der Waals surface area contributed by atoms with Crippen LogP contribution in [0.25, 0.3) is 22.3 Å². The minimum atomic E-state index is -4.68. The molecule has 2 aromatic carbocycles. The maximum atomic E-state index is 13.4. The van der Waals surface area contributed by atoms with E-state index in [1.54, 1.807) is 31.4 Å². The van der Waals surface area contributed by atoms with Gasteiger partial charge in [0.1, 0.15) is 12.3 Å². The molecular weight excluding hydrogens is 429 g/mol. The van der Waals surface area contributed by atoms with Crippen LogP contribution in [0, 0.1) is 6.92 Å². The fraction of sp³-hybridized carbons (Fsp3) is 0.190. The number of anilines is 1. The molecule has 2 aromatic heterocycles. The predicted octanol–water partition coefficient (Wildman–Crippen LogP) is 5.13. The first-order valence-electron chi connectivity index (χ1n) is 9.20. The van der Waals surface area contributed by atoms with E-state index in [1.165, 1.54) is 23.5 Å². The van der Waals surface area contributed by atoms with E-state index in [1.807, 2.05) is 19.1 Å². The van der Waals surface area contributed by atoms with Crippen molar-refractivity contribution in [3.05, 3.63) is 59.2 Å². The van der Waals surface area contributed by atoms with Gasteiger partial charge in [-0.3, -0.25) is 4.79 Å². The number of nitrogens with zero attached hydrogens (tertiary/aromatic N) is 3. The topological polar surface area (TPSA) is 69.0 Å². The summed E-state index contributed by atoms with van der Waals surface area (Å²) in [5.74, 6) is -1.03. The normalized spacial score (nSPS) is 11.6. The third kappa shape index (κ3) is 4.24. The smallest absolute Gasteiger partial charge is 0.449 e. The Labute approximate surface area is 179 Å². The van der Waals surface area contributed by atoms with Gasteiger partial charge < -0.3 is 14.6 Å². The molecular formula is C21H17F3N4O2S. The van der Waals surface area contributed by atoms with Gasteiger partial charge in [-0.15, -0.1) is 11.3 Å².